The average Bonchev–Trinajstić information content (AvgIpc) is 2.21. The molecule has 0 aromatic carbocycles. The Bertz CT molecular complexity index is 109. The molecule has 0 aliphatic carbocycles. The summed E-state index contributed by atoms with van der Waals surface area (Å²) in [5, 5.41) is 3.17. The second-order valence-corrected chi connectivity index (χ2v) is 3.56. The Hall–Kier alpha value is -0.120. The standard InChI is InChI=1S/C11H25NO2/c1-4-5-7-13-9-10-14-8-6-11(2)12-3/h11-12H,4-10H2,1-3H3. The molecule has 0 bridgehead atoms. The maximum Gasteiger partial charge on any atom is 0.0700 e. The molecular weight excluding hydrogens is 178 g/mol. The number of rotatable bonds is 10. The quantitative estimate of drug-likeness (QED) is 0.549. The van der Waals surface area contributed by atoms with Crippen LogP contribution in [0.3, 0.4) is 0 Å². The van der Waals surface area contributed by atoms with Crippen molar-refractivity contribution in [3.8, 4) is 0 Å². The Balaban J connectivity index is 2.92. The van der Waals surface area contributed by atoms with Crippen molar-refractivity contribution in [2.45, 2.75) is 39.2 Å². The van der Waals surface area contributed by atoms with E-state index in [2.05, 4.69) is 19.2 Å². The van der Waals surface area contributed by atoms with E-state index in [9.17, 15) is 0 Å². The second-order valence-electron chi connectivity index (χ2n) is 3.56. The van der Waals surface area contributed by atoms with Gasteiger partial charge >= 0.3 is 0 Å². The largest absolute Gasteiger partial charge is 0.379 e. The molecule has 0 aliphatic heterocycles. The van der Waals surface area contributed by atoms with Crippen LogP contribution in [0.2, 0.25) is 0 Å². The zero-order valence-electron chi connectivity index (χ0n) is 9.84. The molecular formula is C11H25NO2. The molecule has 0 aromatic rings. The van der Waals surface area contributed by atoms with E-state index in [0.717, 1.165) is 39.3 Å². The maximum absolute atomic E-state index is 5.42. The van der Waals surface area contributed by atoms with Gasteiger partial charge in [-0.05, 0) is 26.8 Å². The molecule has 0 aliphatic rings. The van der Waals surface area contributed by atoms with Crippen molar-refractivity contribution >= 4 is 0 Å². The molecule has 1 N–H and O–H groups in total. The van der Waals surface area contributed by atoms with Crippen molar-refractivity contribution in [2.24, 2.45) is 0 Å². The van der Waals surface area contributed by atoms with Gasteiger partial charge in [0.2, 0.25) is 0 Å². The Kier molecular flexibility index (Phi) is 10.9. The van der Waals surface area contributed by atoms with Crippen LogP contribution in [0.15, 0.2) is 0 Å². The summed E-state index contributed by atoms with van der Waals surface area (Å²) in [5.41, 5.74) is 0. The van der Waals surface area contributed by atoms with E-state index in [1.807, 2.05) is 7.05 Å². The molecule has 1 unspecified atom stereocenters. The van der Waals surface area contributed by atoms with Crippen molar-refractivity contribution in [3.63, 3.8) is 0 Å². The minimum Gasteiger partial charge on any atom is -0.379 e. The topological polar surface area (TPSA) is 30.5 Å². The van der Waals surface area contributed by atoms with E-state index >= 15 is 0 Å². The van der Waals surface area contributed by atoms with Crippen molar-refractivity contribution in [3.05, 3.63) is 0 Å². The van der Waals surface area contributed by atoms with Crippen LogP contribution in [0, 0.1) is 0 Å². The summed E-state index contributed by atoms with van der Waals surface area (Å²) in [4.78, 5) is 0. The molecule has 86 valence electrons. The van der Waals surface area contributed by atoms with E-state index < -0.39 is 0 Å². The van der Waals surface area contributed by atoms with Crippen LogP contribution in [0.5, 0.6) is 0 Å². The van der Waals surface area contributed by atoms with Gasteiger partial charge in [-0.1, -0.05) is 13.3 Å². The lowest BCUT2D eigenvalue weighted by atomic mass is 10.2. The van der Waals surface area contributed by atoms with Gasteiger partial charge in [0.05, 0.1) is 13.2 Å². The van der Waals surface area contributed by atoms with Gasteiger partial charge in [-0.15, -0.1) is 0 Å². The fourth-order valence-electron chi connectivity index (χ4n) is 0.973. The molecule has 0 saturated heterocycles. The van der Waals surface area contributed by atoms with Crippen LogP contribution in [-0.2, 0) is 9.47 Å². The molecule has 1 atom stereocenters. The fourth-order valence-corrected chi connectivity index (χ4v) is 0.973. The summed E-state index contributed by atoms with van der Waals surface area (Å²) in [7, 11) is 1.97. The lowest BCUT2D eigenvalue weighted by molar-refractivity contribution is 0.0440. The van der Waals surface area contributed by atoms with E-state index in [0.29, 0.717) is 6.04 Å². The molecule has 0 saturated carbocycles. The van der Waals surface area contributed by atoms with Crippen LogP contribution in [-0.4, -0.2) is 39.5 Å². The molecule has 14 heavy (non-hydrogen) atoms. The molecule has 0 rings (SSSR count). The zero-order valence-corrected chi connectivity index (χ0v) is 9.84. The number of hydrogen-bond acceptors (Lipinski definition) is 3. The predicted molar refractivity (Wildman–Crippen MR) is 59.7 cm³/mol. The van der Waals surface area contributed by atoms with Gasteiger partial charge in [0, 0.05) is 19.3 Å². The third-order valence-corrected chi connectivity index (χ3v) is 2.20. The van der Waals surface area contributed by atoms with E-state index in [4.69, 9.17) is 9.47 Å². The number of nitrogens with one attached hydrogen (secondary N) is 1. The van der Waals surface area contributed by atoms with Crippen molar-refractivity contribution in [1.29, 1.82) is 0 Å². The SMILES string of the molecule is CCCCOCCOCCC(C)NC. The summed E-state index contributed by atoms with van der Waals surface area (Å²) in [6.07, 6.45) is 3.41. The Morgan fingerprint density at radius 2 is 1.71 bits per heavy atom. The first kappa shape index (κ1) is 13.9. The zero-order chi connectivity index (χ0) is 10.6. The third kappa shape index (κ3) is 9.96. The first-order chi connectivity index (χ1) is 6.81. The Labute approximate surface area is 88.2 Å². The molecule has 0 spiro atoms. The van der Waals surface area contributed by atoms with Gasteiger partial charge in [-0.25, -0.2) is 0 Å². The van der Waals surface area contributed by atoms with Gasteiger partial charge in [0.25, 0.3) is 0 Å². The molecule has 0 heterocycles. The average molecular weight is 203 g/mol. The highest BCUT2D eigenvalue weighted by Gasteiger charge is 1.96. The van der Waals surface area contributed by atoms with Crippen LogP contribution >= 0.6 is 0 Å². The first-order valence-electron chi connectivity index (χ1n) is 5.64. The fraction of sp³-hybridized carbons (Fsp3) is 1.00. The minimum absolute atomic E-state index is 0.538. The van der Waals surface area contributed by atoms with Crippen molar-refractivity contribution in [1.82, 2.24) is 5.32 Å². The van der Waals surface area contributed by atoms with Crippen LogP contribution in [0.1, 0.15) is 33.1 Å². The predicted octanol–water partition coefficient (Wildman–Crippen LogP) is 1.82. The normalized spacial score (nSPS) is 13.1. The summed E-state index contributed by atoms with van der Waals surface area (Å²) in [6.45, 7) is 7.46. The Morgan fingerprint density at radius 3 is 2.29 bits per heavy atom. The highest BCUT2D eigenvalue weighted by Crippen LogP contribution is 1.91. The third-order valence-electron chi connectivity index (χ3n) is 2.20. The van der Waals surface area contributed by atoms with E-state index in [-0.39, 0.29) is 0 Å². The molecule has 0 radical (unpaired) electrons. The number of unbranched alkanes of at least 4 members (excludes halogenated alkanes) is 1. The van der Waals surface area contributed by atoms with Crippen LogP contribution < -0.4 is 5.32 Å². The van der Waals surface area contributed by atoms with Gasteiger partial charge in [0.15, 0.2) is 0 Å². The lowest BCUT2D eigenvalue weighted by Gasteiger charge is -2.10. The number of ether oxygens (including phenoxy) is 2. The smallest absolute Gasteiger partial charge is 0.0700 e. The molecule has 3 heteroatoms. The maximum atomic E-state index is 5.42. The summed E-state index contributed by atoms with van der Waals surface area (Å²) in [6, 6.07) is 0.538. The van der Waals surface area contributed by atoms with Gasteiger partial charge in [0.1, 0.15) is 0 Å². The molecule has 0 fully saturated rings. The van der Waals surface area contributed by atoms with Gasteiger partial charge in [-0.3, -0.25) is 0 Å². The van der Waals surface area contributed by atoms with Crippen molar-refractivity contribution in [2.75, 3.05) is 33.5 Å². The summed E-state index contributed by atoms with van der Waals surface area (Å²) in [5.74, 6) is 0. The molecule has 3 nitrogen and oxygen atoms in total. The molecule has 0 amide bonds. The van der Waals surface area contributed by atoms with Gasteiger partial charge < -0.3 is 14.8 Å². The Morgan fingerprint density at radius 1 is 1.07 bits per heavy atom. The highest BCUT2D eigenvalue weighted by molar-refractivity contribution is 4.54. The minimum atomic E-state index is 0.538. The van der Waals surface area contributed by atoms with E-state index in [1.54, 1.807) is 0 Å². The summed E-state index contributed by atoms with van der Waals surface area (Å²) >= 11 is 0. The van der Waals surface area contributed by atoms with Crippen LogP contribution in [0.4, 0.5) is 0 Å². The number of hydrogen-bond donors (Lipinski definition) is 1. The summed E-state index contributed by atoms with van der Waals surface area (Å²) < 4.78 is 10.8. The van der Waals surface area contributed by atoms with E-state index in [1.165, 1.54) is 6.42 Å². The van der Waals surface area contributed by atoms with Crippen LogP contribution in [0.25, 0.3) is 0 Å². The van der Waals surface area contributed by atoms with Crippen molar-refractivity contribution < 1.29 is 9.47 Å². The highest BCUT2D eigenvalue weighted by atomic mass is 16.5. The monoisotopic (exact) mass is 203 g/mol. The van der Waals surface area contributed by atoms with Gasteiger partial charge in [-0.2, -0.15) is 0 Å². The first-order valence-corrected chi connectivity index (χ1v) is 5.64. The lowest BCUT2D eigenvalue weighted by Crippen LogP contribution is -2.23. The second kappa shape index (κ2) is 11.0. The molecule has 0 aromatic heterocycles.